The van der Waals surface area contributed by atoms with E-state index < -0.39 is 5.97 Å². The molecule has 0 spiro atoms. The molecule has 2 N–H and O–H groups in total. The SMILES string of the molecule is CC(CC[C@@H]1OC(=O)c2ccccc21)OC(=O)CN.Cl. The van der Waals surface area contributed by atoms with E-state index >= 15 is 0 Å². The number of nitrogens with two attached hydrogens (primary N) is 1. The summed E-state index contributed by atoms with van der Waals surface area (Å²) in [5.41, 5.74) is 6.71. The number of halogens is 1. The molecule has 1 aromatic carbocycles. The Labute approximate surface area is 123 Å². The van der Waals surface area contributed by atoms with Crippen molar-refractivity contribution in [2.75, 3.05) is 6.54 Å². The average Bonchev–Trinajstić information content (AvgIpc) is 2.74. The molecular weight excluding hydrogens is 282 g/mol. The van der Waals surface area contributed by atoms with Crippen LogP contribution in [0, 0.1) is 0 Å². The molecule has 2 atom stereocenters. The van der Waals surface area contributed by atoms with Gasteiger partial charge in [-0.25, -0.2) is 4.79 Å². The van der Waals surface area contributed by atoms with Gasteiger partial charge < -0.3 is 15.2 Å². The molecule has 1 aromatic rings. The second kappa shape index (κ2) is 7.26. The lowest BCUT2D eigenvalue weighted by Crippen LogP contribution is -2.22. The first-order chi connectivity index (χ1) is 9.11. The highest BCUT2D eigenvalue weighted by Crippen LogP contribution is 2.33. The van der Waals surface area contributed by atoms with Crippen molar-refractivity contribution in [3.05, 3.63) is 35.4 Å². The lowest BCUT2D eigenvalue weighted by molar-refractivity contribution is -0.147. The molecule has 1 heterocycles. The van der Waals surface area contributed by atoms with Crippen molar-refractivity contribution >= 4 is 24.3 Å². The molecule has 0 bridgehead atoms. The Balaban J connectivity index is 0.00000200. The van der Waals surface area contributed by atoms with E-state index in [2.05, 4.69) is 0 Å². The molecule has 2 rings (SSSR count). The second-order valence-corrected chi connectivity index (χ2v) is 4.56. The van der Waals surface area contributed by atoms with Gasteiger partial charge in [0.25, 0.3) is 0 Å². The van der Waals surface area contributed by atoms with Crippen LogP contribution in [-0.4, -0.2) is 24.6 Å². The third-order valence-electron chi connectivity index (χ3n) is 3.11. The highest BCUT2D eigenvalue weighted by molar-refractivity contribution is 5.93. The Morgan fingerprint density at radius 3 is 2.85 bits per heavy atom. The monoisotopic (exact) mass is 299 g/mol. The molecule has 1 aliphatic rings. The fourth-order valence-corrected chi connectivity index (χ4v) is 2.15. The summed E-state index contributed by atoms with van der Waals surface area (Å²) in [7, 11) is 0. The average molecular weight is 300 g/mol. The van der Waals surface area contributed by atoms with Crippen molar-refractivity contribution in [3.8, 4) is 0 Å². The molecular formula is C14H18ClNO4. The Morgan fingerprint density at radius 2 is 2.15 bits per heavy atom. The summed E-state index contributed by atoms with van der Waals surface area (Å²) >= 11 is 0. The Hall–Kier alpha value is -1.59. The Morgan fingerprint density at radius 1 is 1.45 bits per heavy atom. The van der Waals surface area contributed by atoms with Crippen LogP contribution in [-0.2, 0) is 14.3 Å². The molecule has 0 radical (unpaired) electrons. The van der Waals surface area contributed by atoms with E-state index in [4.69, 9.17) is 15.2 Å². The van der Waals surface area contributed by atoms with Crippen LogP contribution in [0.25, 0.3) is 0 Å². The molecule has 0 aromatic heterocycles. The number of fused-ring (bicyclic) bond motifs is 1. The summed E-state index contributed by atoms with van der Waals surface area (Å²) in [6.07, 6.45) is 0.769. The normalized spacial score (nSPS) is 17.7. The van der Waals surface area contributed by atoms with Crippen LogP contribution in [0.3, 0.4) is 0 Å². The van der Waals surface area contributed by atoms with E-state index in [0.717, 1.165) is 5.56 Å². The maximum Gasteiger partial charge on any atom is 0.339 e. The highest BCUT2D eigenvalue weighted by Gasteiger charge is 2.30. The van der Waals surface area contributed by atoms with E-state index in [-0.39, 0.29) is 37.1 Å². The minimum atomic E-state index is -0.420. The van der Waals surface area contributed by atoms with E-state index in [1.807, 2.05) is 18.2 Å². The van der Waals surface area contributed by atoms with Crippen LogP contribution in [0.15, 0.2) is 24.3 Å². The summed E-state index contributed by atoms with van der Waals surface area (Å²) in [6, 6.07) is 7.34. The standard InChI is InChI=1S/C14H17NO4.ClH/c1-9(18-13(16)8-15)6-7-12-10-4-2-3-5-11(10)14(17)19-12;/h2-5,9,12H,6-8,15H2,1H3;1H/t9?,12-;/m0./s1. The van der Waals surface area contributed by atoms with Gasteiger partial charge in [0.05, 0.1) is 18.2 Å². The molecule has 0 fully saturated rings. The summed E-state index contributed by atoms with van der Waals surface area (Å²) in [5.74, 6) is -0.705. The number of carbonyl (C=O) groups is 2. The summed E-state index contributed by atoms with van der Waals surface area (Å²) < 4.78 is 10.4. The molecule has 0 saturated heterocycles. The van der Waals surface area contributed by atoms with Gasteiger partial charge in [-0.1, -0.05) is 18.2 Å². The number of esters is 2. The van der Waals surface area contributed by atoms with Crippen molar-refractivity contribution in [2.24, 2.45) is 5.73 Å². The zero-order valence-corrected chi connectivity index (χ0v) is 12.0. The number of rotatable bonds is 5. The van der Waals surface area contributed by atoms with Crippen molar-refractivity contribution < 1.29 is 19.1 Å². The van der Waals surface area contributed by atoms with Gasteiger partial charge >= 0.3 is 11.9 Å². The van der Waals surface area contributed by atoms with Gasteiger partial charge in [-0.3, -0.25) is 4.79 Å². The number of hydrogen-bond donors (Lipinski definition) is 1. The first-order valence-corrected chi connectivity index (χ1v) is 6.31. The fourth-order valence-electron chi connectivity index (χ4n) is 2.15. The maximum absolute atomic E-state index is 11.6. The van der Waals surface area contributed by atoms with Crippen LogP contribution >= 0.6 is 12.4 Å². The summed E-state index contributed by atoms with van der Waals surface area (Å²) in [5, 5.41) is 0. The van der Waals surface area contributed by atoms with Gasteiger partial charge in [0.15, 0.2) is 0 Å². The van der Waals surface area contributed by atoms with Gasteiger partial charge in [-0.15, -0.1) is 12.4 Å². The zero-order chi connectivity index (χ0) is 13.8. The van der Waals surface area contributed by atoms with Crippen LogP contribution in [0.2, 0.25) is 0 Å². The Bertz CT molecular complexity index is 492. The lowest BCUT2D eigenvalue weighted by atomic mass is 10.0. The van der Waals surface area contributed by atoms with E-state index in [1.165, 1.54) is 0 Å². The third kappa shape index (κ3) is 3.71. The predicted octanol–water partition coefficient (Wildman–Crippen LogP) is 1.99. The molecule has 0 amide bonds. The molecule has 1 aliphatic heterocycles. The first-order valence-electron chi connectivity index (χ1n) is 6.31. The zero-order valence-electron chi connectivity index (χ0n) is 11.2. The summed E-state index contributed by atoms with van der Waals surface area (Å²) in [4.78, 5) is 22.7. The molecule has 6 heteroatoms. The van der Waals surface area contributed by atoms with Gasteiger partial charge in [-0.05, 0) is 25.8 Å². The largest absolute Gasteiger partial charge is 0.462 e. The minimum Gasteiger partial charge on any atom is -0.462 e. The van der Waals surface area contributed by atoms with E-state index in [9.17, 15) is 9.59 Å². The van der Waals surface area contributed by atoms with Crippen molar-refractivity contribution in [1.82, 2.24) is 0 Å². The van der Waals surface area contributed by atoms with Gasteiger partial charge in [-0.2, -0.15) is 0 Å². The van der Waals surface area contributed by atoms with Gasteiger partial charge in [0.1, 0.15) is 6.10 Å². The molecule has 0 saturated carbocycles. The highest BCUT2D eigenvalue weighted by atomic mass is 35.5. The molecule has 20 heavy (non-hydrogen) atoms. The summed E-state index contributed by atoms with van der Waals surface area (Å²) in [6.45, 7) is 1.68. The Kier molecular flexibility index (Phi) is 5.98. The molecule has 0 aliphatic carbocycles. The number of carbonyl (C=O) groups excluding carboxylic acids is 2. The lowest BCUT2D eigenvalue weighted by Gasteiger charge is -2.15. The van der Waals surface area contributed by atoms with Crippen LogP contribution in [0.5, 0.6) is 0 Å². The smallest absolute Gasteiger partial charge is 0.339 e. The topological polar surface area (TPSA) is 78.6 Å². The quantitative estimate of drug-likeness (QED) is 0.841. The molecule has 110 valence electrons. The second-order valence-electron chi connectivity index (χ2n) is 4.56. The number of benzene rings is 1. The molecule has 5 nitrogen and oxygen atoms in total. The number of cyclic esters (lactones) is 1. The van der Waals surface area contributed by atoms with E-state index in [0.29, 0.717) is 18.4 Å². The molecule has 1 unspecified atom stereocenters. The van der Waals surface area contributed by atoms with Crippen molar-refractivity contribution in [2.45, 2.75) is 32.0 Å². The van der Waals surface area contributed by atoms with Gasteiger partial charge in [0.2, 0.25) is 0 Å². The van der Waals surface area contributed by atoms with Crippen LogP contribution in [0.1, 0.15) is 41.8 Å². The third-order valence-corrected chi connectivity index (χ3v) is 3.11. The fraction of sp³-hybridized carbons (Fsp3) is 0.429. The van der Waals surface area contributed by atoms with Crippen LogP contribution in [0.4, 0.5) is 0 Å². The van der Waals surface area contributed by atoms with Crippen molar-refractivity contribution in [1.29, 1.82) is 0 Å². The van der Waals surface area contributed by atoms with Crippen LogP contribution < -0.4 is 5.73 Å². The van der Waals surface area contributed by atoms with Crippen molar-refractivity contribution in [3.63, 3.8) is 0 Å². The van der Waals surface area contributed by atoms with E-state index in [1.54, 1.807) is 13.0 Å². The minimum absolute atomic E-state index is 0. The van der Waals surface area contributed by atoms with Gasteiger partial charge in [0, 0.05) is 5.56 Å². The maximum atomic E-state index is 11.6. The first kappa shape index (κ1) is 16.5. The number of ether oxygens (including phenoxy) is 2. The number of hydrogen-bond acceptors (Lipinski definition) is 5. The predicted molar refractivity (Wildman–Crippen MR) is 75.7 cm³/mol.